The maximum atomic E-state index is 13.1. The molecule has 0 amide bonds. The number of hydrogen-bond acceptors (Lipinski definition) is 4. The van der Waals surface area contributed by atoms with E-state index in [0.717, 1.165) is 7.11 Å². The van der Waals surface area contributed by atoms with Gasteiger partial charge in [0.25, 0.3) is 5.92 Å². The second-order valence-corrected chi connectivity index (χ2v) is 5.40. The van der Waals surface area contributed by atoms with E-state index in [4.69, 9.17) is 0 Å². The Hall–Kier alpha value is -0.720. The molecule has 1 unspecified atom stereocenters. The summed E-state index contributed by atoms with van der Waals surface area (Å²) < 4.78 is 52.2. The van der Waals surface area contributed by atoms with E-state index in [9.17, 15) is 22.0 Å². The topological polar surface area (TPSA) is 60.4 Å². The fraction of sp³-hybridized carbons (Fsp3) is 0.857. The van der Waals surface area contributed by atoms with E-state index in [1.54, 1.807) is 0 Å². The van der Waals surface area contributed by atoms with E-state index < -0.39 is 33.4 Å². The summed E-state index contributed by atoms with van der Waals surface area (Å²) in [6, 6.07) is 0. The highest BCUT2D eigenvalue weighted by molar-refractivity contribution is 7.91. The minimum atomic E-state index is -3.72. The number of halogens is 2. The Labute approximate surface area is 80.2 Å². The first-order chi connectivity index (χ1) is 6.28. The zero-order chi connectivity index (χ0) is 11.0. The molecule has 1 rings (SSSR count). The molecule has 82 valence electrons. The molecular formula is C7H10F2O4S. The van der Waals surface area contributed by atoms with Gasteiger partial charge in [0.05, 0.1) is 12.9 Å². The van der Waals surface area contributed by atoms with E-state index in [-0.39, 0.29) is 12.2 Å². The quantitative estimate of drug-likeness (QED) is 0.603. The lowest BCUT2D eigenvalue weighted by atomic mass is 9.99. The molecule has 0 aliphatic carbocycles. The molecular weight excluding hydrogens is 218 g/mol. The van der Waals surface area contributed by atoms with Crippen molar-refractivity contribution in [3.63, 3.8) is 0 Å². The average Bonchev–Trinajstić information content (AvgIpc) is 1.99. The van der Waals surface area contributed by atoms with Crippen LogP contribution in [0.3, 0.4) is 0 Å². The van der Waals surface area contributed by atoms with Gasteiger partial charge in [-0.25, -0.2) is 17.2 Å². The second kappa shape index (κ2) is 3.45. The van der Waals surface area contributed by atoms with Crippen LogP contribution in [0, 0.1) is 5.92 Å². The van der Waals surface area contributed by atoms with Crippen LogP contribution in [0.4, 0.5) is 8.78 Å². The van der Waals surface area contributed by atoms with Crippen molar-refractivity contribution in [2.45, 2.75) is 12.3 Å². The summed E-state index contributed by atoms with van der Waals surface area (Å²) in [5.74, 6) is -7.84. The highest BCUT2D eigenvalue weighted by Gasteiger charge is 2.51. The van der Waals surface area contributed by atoms with Crippen molar-refractivity contribution in [2.24, 2.45) is 5.92 Å². The molecule has 0 spiro atoms. The Balaban J connectivity index is 2.88. The molecule has 0 N–H and O–H groups in total. The van der Waals surface area contributed by atoms with E-state index in [2.05, 4.69) is 4.74 Å². The molecule has 1 saturated heterocycles. The molecule has 1 aliphatic heterocycles. The van der Waals surface area contributed by atoms with Gasteiger partial charge in [-0.05, 0) is 6.42 Å². The zero-order valence-corrected chi connectivity index (χ0v) is 8.31. The number of carbonyl (C=O) groups excluding carboxylic acids is 1. The SMILES string of the molecule is COC(=O)C1CCS(=O)(=O)CC1(F)F. The van der Waals surface area contributed by atoms with Crippen LogP contribution in [0.25, 0.3) is 0 Å². The lowest BCUT2D eigenvalue weighted by molar-refractivity contribution is -0.158. The minimum Gasteiger partial charge on any atom is -0.469 e. The molecule has 1 fully saturated rings. The van der Waals surface area contributed by atoms with Crippen molar-refractivity contribution in [3.05, 3.63) is 0 Å². The molecule has 0 radical (unpaired) electrons. The number of carbonyl (C=O) groups is 1. The van der Waals surface area contributed by atoms with Gasteiger partial charge in [-0.3, -0.25) is 4.79 Å². The van der Waals surface area contributed by atoms with E-state index >= 15 is 0 Å². The Bertz CT molecular complexity index is 336. The van der Waals surface area contributed by atoms with Gasteiger partial charge in [-0.2, -0.15) is 0 Å². The third-order valence-corrected chi connectivity index (χ3v) is 3.81. The highest BCUT2D eigenvalue weighted by atomic mass is 32.2. The first kappa shape index (κ1) is 11.4. The van der Waals surface area contributed by atoms with Crippen molar-refractivity contribution in [2.75, 3.05) is 18.6 Å². The molecule has 1 heterocycles. The van der Waals surface area contributed by atoms with Crippen LogP contribution in [0.15, 0.2) is 0 Å². The summed E-state index contributed by atoms with van der Waals surface area (Å²) in [7, 11) is -2.72. The number of esters is 1. The van der Waals surface area contributed by atoms with Gasteiger partial charge in [0.2, 0.25) is 0 Å². The highest BCUT2D eigenvalue weighted by Crippen LogP contribution is 2.34. The summed E-state index contributed by atoms with van der Waals surface area (Å²) in [6.07, 6.45) is -0.373. The Kier molecular flexibility index (Phi) is 2.80. The van der Waals surface area contributed by atoms with Crippen LogP contribution in [-0.4, -0.2) is 38.9 Å². The summed E-state index contributed by atoms with van der Waals surface area (Å²) in [5.41, 5.74) is 0. The Morgan fingerprint density at radius 3 is 2.50 bits per heavy atom. The molecule has 0 bridgehead atoms. The monoisotopic (exact) mass is 228 g/mol. The number of ether oxygens (including phenoxy) is 1. The van der Waals surface area contributed by atoms with Gasteiger partial charge in [0.15, 0.2) is 9.84 Å². The first-order valence-electron chi connectivity index (χ1n) is 3.94. The van der Waals surface area contributed by atoms with Gasteiger partial charge < -0.3 is 4.74 Å². The lowest BCUT2D eigenvalue weighted by Gasteiger charge is -2.28. The number of hydrogen-bond donors (Lipinski definition) is 0. The van der Waals surface area contributed by atoms with Crippen LogP contribution in [0.1, 0.15) is 6.42 Å². The van der Waals surface area contributed by atoms with Gasteiger partial charge in [0.1, 0.15) is 11.7 Å². The zero-order valence-electron chi connectivity index (χ0n) is 7.50. The predicted molar refractivity (Wildman–Crippen MR) is 43.7 cm³/mol. The van der Waals surface area contributed by atoms with Crippen LogP contribution in [0.5, 0.6) is 0 Å². The Morgan fingerprint density at radius 1 is 1.50 bits per heavy atom. The molecule has 7 heteroatoms. The molecule has 0 aromatic heterocycles. The van der Waals surface area contributed by atoms with Gasteiger partial charge in [-0.15, -0.1) is 0 Å². The minimum absolute atomic E-state index is 0.373. The van der Waals surface area contributed by atoms with Crippen LogP contribution < -0.4 is 0 Å². The standard InChI is InChI=1S/C7H10F2O4S/c1-13-6(10)5-2-3-14(11,12)4-7(5,8)9/h5H,2-4H2,1H3. The molecule has 1 aliphatic rings. The lowest BCUT2D eigenvalue weighted by Crippen LogP contribution is -2.46. The van der Waals surface area contributed by atoms with E-state index in [0.29, 0.717) is 0 Å². The summed E-state index contributed by atoms with van der Waals surface area (Å²) in [6.45, 7) is 0. The number of sulfone groups is 1. The average molecular weight is 228 g/mol. The van der Waals surface area contributed by atoms with Gasteiger partial charge in [-0.1, -0.05) is 0 Å². The maximum Gasteiger partial charge on any atom is 0.314 e. The summed E-state index contributed by atoms with van der Waals surface area (Å²) in [4.78, 5) is 10.9. The number of alkyl halides is 2. The van der Waals surface area contributed by atoms with Crippen molar-refractivity contribution in [1.29, 1.82) is 0 Å². The van der Waals surface area contributed by atoms with E-state index in [1.165, 1.54) is 0 Å². The fourth-order valence-electron chi connectivity index (χ4n) is 1.41. The van der Waals surface area contributed by atoms with Crippen molar-refractivity contribution < 1.29 is 26.7 Å². The molecule has 0 aromatic rings. The number of rotatable bonds is 1. The summed E-state index contributed by atoms with van der Waals surface area (Å²) in [5, 5.41) is 0. The second-order valence-electron chi connectivity index (χ2n) is 3.22. The van der Waals surface area contributed by atoms with Crippen molar-refractivity contribution in [1.82, 2.24) is 0 Å². The third kappa shape index (κ3) is 2.20. The normalized spacial score (nSPS) is 29.5. The summed E-state index contributed by atoms with van der Waals surface area (Å²) >= 11 is 0. The van der Waals surface area contributed by atoms with E-state index in [1.807, 2.05) is 0 Å². The maximum absolute atomic E-state index is 13.1. The predicted octanol–water partition coefficient (Wildman–Crippen LogP) is 0.229. The fourth-order valence-corrected chi connectivity index (χ4v) is 2.93. The molecule has 4 nitrogen and oxygen atoms in total. The van der Waals surface area contributed by atoms with Crippen LogP contribution in [0.2, 0.25) is 0 Å². The van der Waals surface area contributed by atoms with Crippen LogP contribution in [-0.2, 0) is 19.4 Å². The third-order valence-electron chi connectivity index (χ3n) is 2.13. The molecule has 14 heavy (non-hydrogen) atoms. The number of methoxy groups -OCH3 is 1. The Morgan fingerprint density at radius 2 is 2.07 bits per heavy atom. The molecule has 0 saturated carbocycles. The first-order valence-corrected chi connectivity index (χ1v) is 5.77. The molecule has 1 atom stereocenters. The van der Waals surface area contributed by atoms with Gasteiger partial charge in [0, 0.05) is 0 Å². The largest absolute Gasteiger partial charge is 0.469 e. The smallest absolute Gasteiger partial charge is 0.314 e. The molecule has 0 aromatic carbocycles. The van der Waals surface area contributed by atoms with Gasteiger partial charge >= 0.3 is 5.97 Å². The van der Waals surface area contributed by atoms with Crippen molar-refractivity contribution in [3.8, 4) is 0 Å². The van der Waals surface area contributed by atoms with Crippen molar-refractivity contribution >= 4 is 15.8 Å². The van der Waals surface area contributed by atoms with Crippen LogP contribution >= 0.6 is 0 Å².